The van der Waals surface area contributed by atoms with Crippen molar-refractivity contribution in [2.75, 3.05) is 13.0 Å². The Morgan fingerprint density at radius 3 is 2.55 bits per heavy atom. The number of hydrogen-bond donors (Lipinski definition) is 1. The predicted octanol–water partition coefficient (Wildman–Crippen LogP) is 9.10. The zero-order valence-electron chi connectivity index (χ0n) is 23.6. The number of rotatable bonds is 7. The van der Waals surface area contributed by atoms with Gasteiger partial charge in [-0.25, -0.2) is 0 Å². The van der Waals surface area contributed by atoms with Crippen LogP contribution in [0.25, 0.3) is 0 Å². The van der Waals surface area contributed by atoms with Crippen molar-refractivity contribution >= 4 is 19.2 Å². The zero-order valence-corrected chi connectivity index (χ0v) is 25.3. The molecule has 2 fully saturated rings. The fourth-order valence-corrected chi connectivity index (χ4v) is 7.58. The third-order valence-corrected chi connectivity index (χ3v) is 10.2. The van der Waals surface area contributed by atoms with E-state index in [1.807, 2.05) is 37.3 Å². The molecule has 3 aromatic rings. The second-order valence-corrected chi connectivity index (χ2v) is 13.5. The molecule has 0 bridgehead atoms. The van der Waals surface area contributed by atoms with Crippen LogP contribution in [0.1, 0.15) is 96.2 Å². The summed E-state index contributed by atoms with van der Waals surface area (Å²) in [5.41, 5.74) is 7.04. The normalized spacial score (nSPS) is 22.1. The Hall–Kier alpha value is -2.37. The van der Waals surface area contributed by atoms with Crippen LogP contribution in [-0.4, -0.2) is 23.0 Å². The van der Waals surface area contributed by atoms with E-state index in [1.54, 1.807) is 12.1 Å². The second kappa shape index (κ2) is 12.7. The van der Waals surface area contributed by atoms with Crippen LogP contribution in [-0.2, 0) is 20.0 Å². The highest BCUT2D eigenvalue weighted by Crippen LogP contribution is 2.56. The molecule has 40 heavy (non-hydrogen) atoms. The molecule has 0 spiro atoms. The van der Waals surface area contributed by atoms with Crippen LogP contribution in [0.3, 0.4) is 0 Å². The van der Waals surface area contributed by atoms with Crippen molar-refractivity contribution in [2.45, 2.75) is 84.2 Å². The van der Waals surface area contributed by atoms with Gasteiger partial charge in [-0.15, -0.1) is 0 Å². The molecular weight excluding hydrogens is 545 g/mol. The van der Waals surface area contributed by atoms with Crippen LogP contribution in [0, 0.1) is 20.8 Å². The largest absolute Gasteiger partial charge is 0.506 e. The molecule has 1 aliphatic carbocycles. The van der Waals surface area contributed by atoms with Crippen LogP contribution in [0.5, 0.6) is 11.5 Å². The Bertz CT molecular complexity index is 1400. The van der Waals surface area contributed by atoms with Crippen molar-refractivity contribution < 1.29 is 23.5 Å². The van der Waals surface area contributed by atoms with E-state index in [0.29, 0.717) is 41.9 Å². The maximum absolute atomic E-state index is 13.4. The van der Waals surface area contributed by atoms with E-state index in [4.69, 9.17) is 30.4 Å². The molecule has 0 amide bonds. The molecule has 6 nitrogen and oxygen atoms in total. The van der Waals surface area contributed by atoms with E-state index in [2.05, 4.69) is 13.8 Å². The molecule has 2 unspecified atom stereocenters. The van der Waals surface area contributed by atoms with E-state index >= 15 is 0 Å². The first-order valence-corrected chi connectivity index (χ1v) is 16.4. The van der Waals surface area contributed by atoms with E-state index in [0.717, 1.165) is 46.5 Å². The van der Waals surface area contributed by atoms with Gasteiger partial charge in [0.1, 0.15) is 11.5 Å². The zero-order chi connectivity index (χ0) is 28.3. The van der Waals surface area contributed by atoms with Gasteiger partial charge in [-0.05, 0) is 91.8 Å². The minimum absolute atomic E-state index is 0.159. The first kappa shape index (κ1) is 29.1. The Kier molecular flexibility index (Phi) is 9.21. The maximum Gasteiger partial charge on any atom is 0.368 e. The number of nitrogens with zero attached hydrogens (tertiary/aromatic N) is 1. The Labute approximate surface area is 242 Å². The summed E-state index contributed by atoms with van der Waals surface area (Å²) in [4.78, 5) is 4.95. The van der Waals surface area contributed by atoms with Gasteiger partial charge in [0.05, 0.1) is 18.4 Å². The first-order chi connectivity index (χ1) is 19.2. The molecule has 1 aliphatic heterocycles. The summed E-state index contributed by atoms with van der Waals surface area (Å²) in [5, 5.41) is 11.2. The molecule has 1 saturated carbocycles. The highest BCUT2D eigenvalue weighted by atomic mass is 35.5. The van der Waals surface area contributed by atoms with Gasteiger partial charge < -0.3 is 14.4 Å². The van der Waals surface area contributed by atoms with Crippen LogP contribution < -0.4 is 4.74 Å². The molecule has 8 heteroatoms. The standard InChI is InChI=1S/C32H39ClNO5P/c1-21-17-31(37-20-40(36)38-16-15-30(39-40)25-11-8-12-26(33)18-25)23(3)22(2)28(21)19-27-13-14-29(35)32(34-27)24-9-6-4-5-7-10-24/h8,11-14,17-18,24,30,35H,4-7,9-10,15-16,19-20H2,1-3H3. The minimum atomic E-state index is -3.46. The number of benzene rings is 2. The molecular formula is C32H39ClNO5P. The summed E-state index contributed by atoms with van der Waals surface area (Å²) >= 11 is 6.15. The molecule has 214 valence electrons. The molecule has 2 aliphatic rings. The highest BCUT2D eigenvalue weighted by molar-refractivity contribution is 7.53. The predicted molar refractivity (Wildman–Crippen MR) is 159 cm³/mol. The third kappa shape index (κ3) is 6.74. The van der Waals surface area contributed by atoms with Crippen molar-refractivity contribution in [3.05, 3.63) is 86.7 Å². The van der Waals surface area contributed by atoms with Crippen LogP contribution in [0.15, 0.2) is 42.5 Å². The molecule has 1 aromatic heterocycles. The van der Waals surface area contributed by atoms with Crippen molar-refractivity contribution in [3.63, 3.8) is 0 Å². The van der Waals surface area contributed by atoms with Gasteiger partial charge in [-0.2, -0.15) is 0 Å². The summed E-state index contributed by atoms with van der Waals surface area (Å²) in [6, 6.07) is 13.1. The number of halogens is 1. The molecule has 2 heterocycles. The van der Waals surface area contributed by atoms with Gasteiger partial charge in [0.25, 0.3) is 0 Å². The summed E-state index contributed by atoms with van der Waals surface area (Å²) in [6.07, 6.45) is 7.85. The lowest BCUT2D eigenvalue weighted by molar-refractivity contribution is 0.0725. The highest BCUT2D eigenvalue weighted by Gasteiger charge is 2.35. The van der Waals surface area contributed by atoms with Crippen LogP contribution in [0.2, 0.25) is 5.02 Å². The van der Waals surface area contributed by atoms with Gasteiger partial charge in [0.15, 0.2) is 6.35 Å². The van der Waals surface area contributed by atoms with E-state index in [1.165, 1.54) is 31.2 Å². The number of ether oxygens (including phenoxy) is 1. The Balaban J connectivity index is 1.30. The van der Waals surface area contributed by atoms with E-state index in [-0.39, 0.29) is 12.5 Å². The van der Waals surface area contributed by atoms with Gasteiger partial charge in [-0.3, -0.25) is 14.1 Å². The van der Waals surface area contributed by atoms with Crippen molar-refractivity contribution in [2.24, 2.45) is 0 Å². The maximum atomic E-state index is 13.4. The number of aromatic nitrogens is 1. The first-order valence-electron chi connectivity index (χ1n) is 14.3. The lowest BCUT2D eigenvalue weighted by Gasteiger charge is -2.30. The fraction of sp³-hybridized carbons (Fsp3) is 0.469. The van der Waals surface area contributed by atoms with Gasteiger partial charge >= 0.3 is 7.60 Å². The number of hydrogen-bond acceptors (Lipinski definition) is 6. The monoisotopic (exact) mass is 583 g/mol. The van der Waals surface area contributed by atoms with E-state index < -0.39 is 7.60 Å². The van der Waals surface area contributed by atoms with Gasteiger partial charge in [0.2, 0.25) is 0 Å². The SMILES string of the molecule is Cc1cc(OCP2(=O)OCCC(c3cccc(Cl)c3)O2)c(C)c(C)c1Cc1ccc(O)c(C2CCCCCC2)n1. The topological polar surface area (TPSA) is 77.9 Å². The smallest absolute Gasteiger partial charge is 0.368 e. The second-order valence-electron chi connectivity index (χ2n) is 11.1. The lowest BCUT2D eigenvalue weighted by atomic mass is 9.92. The van der Waals surface area contributed by atoms with Crippen molar-refractivity contribution in [1.82, 2.24) is 4.98 Å². The lowest BCUT2D eigenvalue weighted by Crippen LogP contribution is -2.17. The number of aromatic hydroxyl groups is 1. The molecule has 1 N–H and O–H groups in total. The summed E-state index contributed by atoms with van der Waals surface area (Å²) < 4.78 is 31.1. The summed E-state index contributed by atoms with van der Waals surface area (Å²) in [5.74, 6) is 1.31. The fourth-order valence-electron chi connectivity index (χ4n) is 5.89. The molecule has 5 rings (SSSR count). The number of aryl methyl sites for hydroxylation is 1. The Morgan fingerprint density at radius 2 is 1.80 bits per heavy atom. The summed E-state index contributed by atoms with van der Waals surface area (Å²) in [7, 11) is -3.46. The molecule has 1 saturated heterocycles. The van der Waals surface area contributed by atoms with Gasteiger partial charge in [0, 0.05) is 29.5 Å². The third-order valence-electron chi connectivity index (χ3n) is 8.32. The van der Waals surface area contributed by atoms with Crippen LogP contribution in [0.4, 0.5) is 0 Å². The van der Waals surface area contributed by atoms with E-state index in [9.17, 15) is 9.67 Å². The van der Waals surface area contributed by atoms with Gasteiger partial charge in [-0.1, -0.05) is 49.4 Å². The van der Waals surface area contributed by atoms with Crippen molar-refractivity contribution in [1.29, 1.82) is 0 Å². The average molecular weight is 584 g/mol. The summed E-state index contributed by atoms with van der Waals surface area (Å²) in [6.45, 7) is 6.49. The molecule has 2 atom stereocenters. The Morgan fingerprint density at radius 1 is 1.02 bits per heavy atom. The molecule has 0 radical (unpaired) electrons. The average Bonchev–Trinajstić information content (AvgIpc) is 3.23. The van der Waals surface area contributed by atoms with Crippen LogP contribution >= 0.6 is 19.2 Å². The molecule has 2 aromatic carbocycles. The minimum Gasteiger partial charge on any atom is -0.506 e. The quantitative estimate of drug-likeness (QED) is 0.221. The van der Waals surface area contributed by atoms with Crippen molar-refractivity contribution in [3.8, 4) is 11.5 Å². The number of pyridine rings is 1.